The molecule has 6 heteroatoms. The predicted octanol–water partition coefficient (Wildman–Crippen LogP) is 4.01. The number of aromatic nitrogens is 3. The number of terminal acetylenes is 1. The van der Waals surface area contributed by atoms with Crippen LogP contribution in [-0.4, -0.2) is 39.1 Å². The first-order valence-corrected chi connectivity index (χ1v) is 9.87. The van der Waals surface area contributed by atoms with Crippen LogP contribution >= 0.6 is 11.6 Å². The van der Waals surface area contributed by atoms with E-state index < -0.39 is 0 Å². The molecule has 0 bridgehead atoms. The van der Waals surface area contributed by atoms with E-state index in [-0.39, 0.29) is 6.61 Å². The Kier molecular flexibility index (Phi) is 5.52. The van der Waals surface area contributed by atoms with Crippen LogP contribution in [0, 0.1) is 12.3 Å². The van der Waals surface area contributed by atoms with Gasteiger partial charge in [0, 0.05) is 18.3 Å². The molecule has 3 aromatic rings. The largest absolute Gasteiger partial charge is 0.481 e. The molecule has 1 aliphatic rings. The number of likely N-dealkylation sites (tertiary alicyclic amines) is 1. The number of ether oxygens (including phenoxy) is 1. The number of piperidine rings is 1. The summed E-state index contributed by atoms with van der Waals surface area (Å²) in [5, 5.41) is 0.735. The van der Waals surface area contributed by atoms with Crippen molar-refractivity contribution in [2.24, 2.45) is 7.05 Å². The van der Waals surface area contributed by atoms with E-state index in [1.165, 1.54) is 0 Å². The minimum absolute atomic E-state index is 0.273. The summed E-state index contributed by atoms with van der Waals surface area (Å²) in [6.07, 6.45) is 11.1. The molecule has 1 saturated heterocycles. The number of rotatable bonds is 5. The first-order chi connectivity index (χ1) is 13.7. The van der Waals surface area contributed by atoms with Gasteiger partial charge in [-0.05, 0) is 61.7 Å². The van der Waals surface area contributed by atoms with Gasteiger partial charge >= 0.3 is 0 Å². The summed E-state index contributed by atoms with van der Waals surface area (Å²) in [5.41, 5.74) is 3.23. The van der Waals surface area contributed by atoms with E-state index in [0.29, 0.717) is 5.92 Å². The summed E-state index contributed by atoms with van der Waals surface area (Å²) in [4.78, 5) is 11.4. The molecule has 0 saturated carbocycles. The summed E-state index contributed by atoms with van der Waals surface area (Å²) in [6, 6.07) is 7.81. The number of nitrogens with zero attached hydrogens (tertiary/aromatic N) is 4. The number of aryl methyl sites for hydroxylation is 1. The summed E-state index contributed by atoms with van der Waals surface area (Å²) in [5.74, 6) is 4.88. The van der Waals surface area contributed by atoms with Gasteiger partial charge < -0.3 is 9.30 Å². The second-order valence-electron chi connectivity index (χ2n) is 7.18. The van der Waals surface area contributed by atoms with Crippen LogP contribution in [0.4, 0.5) is 0 Å². The van der Waals surface area contributed by atoms with Gasteiger partial charge in [0.2, 0.25) is 0 Å². The van der Waals surface area contributed by atoms with E-state index in [0.717, 1.165) is 65.7 Å². The minimum atomic E-state index is 0.273. The van der Waals surface area contributed by atoms with Crippen LogP contribution in [0.5, 0.6) is 5.75 Å². The highest BCUT2D eigenvalue weighted by Crippen LogP contribution is 2.36. The summed E-state index contributed by atoms with van der Waals surface area (Å²) in [6.45, 7) is 3.13. The Morgan fingerprint density at radius 1 is 1.29 bits per heavy atom. The first-order valence-electron chi connectivity index (χ1n) is 9.49. The van der Waals surface area contributed by atoms with Gasteiger partial charge in [-0.2, -0.15) is 0 Å². The lowest BCUT2D eigenvalue weighted by molar-refractivity contribution is 0.197. The molecular weight excluding hydrogens is 372 g/mol. The molecule has 2 aromatic heterocycles. The summed E-state index contributed by atoms with van der Waals surface area (Å²) < 4.78 is 7.90. The van der Waals surface area contributed by atoms with E-state index in [9.17, 15) is 0 Å². The lowest BCUT2D eigenvalue weighted by atomic mass is 9.89. The second kappa shape index (κ2) is 8.22. The smallest absolute Gasteiger partial charge is 0.148 e. The zero-order chi connectivity index (χ0) is 19.5. The number of hydrogen-bond acceptors (Lipinski definition) is 4. The molecule has 0 radical (unpaired) electrons. The fraction of sp³-hybridized carbons (Fsp3) is 0.364. The molecule has 0 N–H and O–H groups in total. The van der Waals surface area contributed by atoms with Crippen LogP contribution in [-0.2, 0) is 13.6 Å². The van der Waals surface area contributed by atoms with Crippen LogP contribution in [0.1, 0.15) is 30.1 Å². The quantitative estimate of drug-likeness (QED) is 0.613. The van der Waals surface area contributed by atoms with E-state index in [1.807, 2.05) is 36.7 Å². The van der Waals surface area contributed by atoms with Gasteiger partial charge in [-0.3, -0.25) is 9.88 Å². The van der Waals surface area contributed by atoms with E-state index in [4.69, 9.17) is 27.7 Å². The average molecular weight is 395 g/mol. The molecule has 28 heavy (non-hydrogen) atoms. The topological polar surface area (TPSA) is 43.2 Å². The van der Waals surface area contributed by atoms with Crippen molar-refractivity contribution in [1.82, 2.24) is 19.4 Å². The van der Waals surface area contributed by atoms with E-state index in [1.54, 1.807) is 0 Å². The third-order valence-electron chi connectivity index (χ3n) is 5.45. The van der Waals surface area contributed by atoms with Crippen molar-refractivity contribution in [3.05, 3.63) is 53.1 Å². The zero-order valence-corrected chi connectivity index (χ0v) is 16.7. The van der Waals surface area contributed by atoms with Crippen molar-refractivity contribution < 1.29 is 4.74 Å². The molecule has 0 atom stereocenters. The van der Waals surface area contributed by atoms with Crippen molar-refractivity contribution in [3.8, 4) is 18.1 Å². The number of halogens is 1. The van der Waals surface area contributed by atoms with Gasteiger partial charge in [-0.1, -0.05) is 17.5 Å². The summed E-state index contributed by atoms with van der Waals surface area (Å²) in [7, 11) is 2.07. The van der Waals surface area contributed by atoms with Crippen LogP contribution in [0.3, 0.4) is 0 Å². The number of pyridine rings is 1. The maximum Gasteiger partial charge on any atom is 0.148 e. The van der Waals surface area contributed by atoms with Gasteiger partial charge in [0.05, 0.1) is 18.3 Å². The predicted molar refractivity (Wildman–Crippen MR) is 112 cm³/mol. The molecule has 0 unspecified atom stereocenters. The third-order valence-corrected chi connectivity index (χ3v) is 5.69. The standard InChI is InChI=1S/C22H23ClN4O/c1-3-12-28-21-5-4-17(23)13-18(21)16-7-10-27(11-8-16)15-22-25-19-14-24-9-6-20(19)26(22)2/h1,4-6,9,13-14,16H,7-8,10-12,15H2,2H3. The van der Waals surface area contributed by atoms with Crippen LogP contribution in [0.15, 0.2) is 36.7 Å². The number of hydrogen-bond donors (Lipinski definition) is 0. The van der Waals surface area contributed by atoms with Crippen LogP contribution in [0.25, 0.3) is 11.0 Å². The van der Waals surface area contributed by atoms with Gasteiger partial charge in [-0.25, -0.2) is 4.98 Å². The Balaban J connectivity index is 1.44. The fourth-order valence-corrected chi connectivity index (χ4v) is 4.11. The van der Waals surface area contributed by atoms with Crippen molar-refractivity contribution in [1.29, 1.82) is 0 Å². The molecule has 1 aromatic carbocycles. The van der Waals surface area contributed by atoms with E-state index in [2.05, 4.69) is 27.4 Å². The zero-order valence-electron chi connectivity index (χ0n) is 15.9. The van der Waals surface area contributed by atoms with Crippen molar-refractivity contribution in [2.45, 2.75) is 25.3 Å². The maximum atomic E-state index is 6.24. The number of benzene rings is 1. The average Bonchev–Trinajstić information content (AvgIpc) is 3.03. The van der Waals surface area contributed by atoms with Gasteiger partial charge in [0.1, 0.15) is 23.7 Å². The molecule has 3 heterocycles. The lowest BCUT2D eigenvalue weighted by Crippen LogP contribution is -2.33. The summed E-state index contributed by atoms with van der Waals surface area (Å²) >= 11 is 6.24. The third kappa shape index (κ3) is 3.84. The van der Waals surface area contributed by atoms with Gasteiger partial charge in [0.15, 0.2) is 0 Å². The van der Waals surface area contributed by atoms with Gasteiger partial charge in [0.25, 0.3) is 0 Å². The number of imidazole rings is 1. The normalized spacial score (nSPS) is 15.6. The lowest BCUT2D eigenvalue weighted by Gasteiger charge is -2.32. The van der Waals surface area contributed by atoms with Crippen molar-refractivity contribution >= 4 is 22.6 Å². The highest BCUT2D eigenvalue weighted by molar-refractivity contribution is 6.30. The Hall–Kier alpha value is -2.55. The molecule has 0 amide bonds. The van der Waals surface area contributed by atoms with E-state index >= 15 is 0 Å². The maximum absolute atomic E-state index is 6.24. The molecule has 1 fully saturated rings. The number of fused-ring (bicyclic) bond motifs is 1. The second-order valence-corrected chi connectivity index (χ2v) is 7.61. The van der Waals surface area contributed by atoms with Gasteiger partial charge in [-0.15, -0.1) is 6.42 Å². The fourth-order valence-electron chi connectivity index (χ4n) is 3.93. The monoisotopic (exact) mass is 394 g/mol. The van der Waals surface area contributed by atoms with Crippen molar-refractivity contribution in [3.63, 3.8) is 0 Å². The highest BCUT2D eigenvalue weighted by atomic mass is 35.5. The van der Waals surface area contributed by atoms with Crippen molar-refractivity contribution in [2.75, 3.05) is 19.7 Å². The SMILES string of the molecule is C#CCOc1ccc(Cl)cc1C1CCN(Cc2nc3cnccc3n2C)CC1. The van der Waals surface area contributed by atoms with Crippen LogP contribution in [0.2, 0.25) is 5.02 Å². The Bertz CT molecular complexity index is 1020. The molecule has 0 spiro atoms. The Labute approximate surface area is 170 Å². The molecule has 144 valence electrons. The molecular formula is C22H23ClN4O. The molecule has 5 nitrogen and oxygen atoms in total. The first kappa shape index (κ1) is 18.8. The molecule has 4 rings (SSSR count). The minimum Gasteiger partial charge on any atom is -0.481 e. The Morgan fingerprint density at radius 3 is 2.86 bits per heavy atom. The highest BCUT2D eigenvalue weighted by Gasteiger charge is 2.24. The Morgan fingerprint density at radius 2 is 2.11 bits per heavy atom. The molecule has 0 aliphatic carbocycles. The van der Waals surface area contributed by atoms with Crippen LogP contribution < -0.4 is 4.74 Å². The molecule has 1 aliphatic heterocycles.